The molecule has 3 aliphatic rings. The molecule has 3 heterocycles. The Morgan fingerprint density at radius 1 is 1.33 bits per heavy atom. The lowest BCUT2D eigenvalue weighted by atomic mass is 10.1. The van der Waals surface area contributed by atoms with E-state index in [1.54, 1.807) is 31.7 Å². The zero-order chi connectivity index (χ0) is 26.2. The molecule has 3 amide bonds. The number of fused-ring (bicyclic) bond motifs is 2. The van der Waals surface area contributed by atoms with Crippen LogP contribution in [-0.2, 0) is 14.3 Å². The number of hydrogen-bond donors (Lipinski definition) is 1. The van der Waals surface area contributed by atoms with Crippen LogP contribution in [0, 0.1) is 17.1 Å². The third-order valence-electron chi connectivity index (χ3n) is 7.15. The molecule has 10 heteroatoms. The molecule has 0 aromatic heterocycles. The Morgan fingerprint density at radius 2 is 2.08 bits per heavy atom. The van der Waals surface area contributed by atoms with E-state index in [4.69, 9.17) is 4.74 Å². The molecule has 0 radical (unpaired) electrons. The van der Waals surface area contributed by atoms with Crippen LogP contribution in [0.1, 0.15) is 58.6 Å². The van der Waals surface area contributed by atoms with Gasteiger partial charge in [0.15, 0.2) is 0 Å². The number of amides is 3. The number of nitriles is 1. The average molecular weight is 500 g/mol. The predicted molar refractivity (Wildman–Crippen MR) is 129 cm³/mol. The summed E-state index contributed by atoms with van der Waals surface area (Å²) in [7, 11) is 0. The van der Waals surface area contributed by atoms with E-state index in [9.17, 15) is 24.0 Å². The van der Waals surface area contributed by atoms with Gasteiger partial charge in [0.05, 0.1) is 18.2 Å². The Kier molecular flexibility index (Phi) is 7.23. The number of benzene rings is 1. The van der Waals surface area contributed by atoms with Crippen LogP contribution < -0.4 is 5.32 Å². The second-order valence-corrected chi connectivity index (χ2v) is 10.9. The quantitative estimate of drug-likeness (QED) is 0.645. The molecule has 1 aromatic carbocycles. The van der Waals surface area contributed by atoms with Gasteiger partial charge in [-0.25, -0.2) is 9.18 Å². The van der Waals surface area contributed by atoms with Crippen molar-refractivity contribution in [2.45, 2.75) is 82.8 Å². The van der Waals surface area contributed by atoms with Crippen LogP contribution in [0.25, 0.3) is 0 Å². The van der Waals surface area contributed by atoms with Crippen LogP contribution >= 0.6 is 0 Å². The number of alkyl carbamates (subject to hydrolysis) is 1. The maximum Gasteiger partial charge on any atom is 0.408 e. The molecule has 0 aliphatic carbocycles. The van der Waals surface area contributed by atoms with E-state index in [1.807, 2.05) is 17.9 Å². The fourth-order valence-electron chi connectivity index (χ4n) is 5.56. The number of halogens is 1. The zero-order valence-electron chi connectivity index (χ0n) is 21.2. The first-order valence-corrected chi connectivity index (χ1v) is 12.5. The van der Waals surface area contributed by atoms with Crippen LogP contribution in [0.2, 0.25) is 0 Å². The molecule has 5 atom stereocenters. The SMILES string of the molecule is C[C@@H](c1cccc(F)c1)N1C(=O)[C@H]2CC1CN2C[C@H](NC(=O)OC(C)(C)C)C(=O)N1CCC[C@H]1C#N. The monoisotopic (exact) mass is 499 g/mol. The van der Waals surface area contributed by atoms with Gasteiger partial charge in [-0.15, -0.1) is 0 Å². The number of carbonyl (C=O) groups is 3. The van der Waals surface area contributed by atoms with Crippen molar-refractivity contribution in [1.82, 2.24) is 20.0 Å². The van der Waals surface area contributed by atoms with Crippen molar-refractivity contribution in [3.05, 3.63) is 35.6 Å². The maximum absolute atomic E-state index is 13.8. The molecule has 0 saturated carbocycles. The van der Waals surface area contributed by atoms with E-state index < -0.39 is 29.8 Å². The highest BCUT2D eigenvalue weighted by molar-refractivity contribution is 5.88. The van der Waals surface area contributed by atoms with Gasteiger partial charge >= 0.3 is 6.09 Å². The minimum absolute atomic E-state index is 0.0671. The minimum atomic E-state index is -0.949. The highest BCUT2D eigenvalue weighted by Gasteiger charge is 2.52. The minimum Gasteiger partial charge on any atom is -0.444 e. The lowest BCUT2D eigenvalue weighted by Gasteiger charge is -2.39. The van der Waals surface area contributed by atoms with Crippen molar-refractivity contribution >= 4 is 17.9 Å². The van der Waals surface area contributed by atoms with E-state index >= 15 is 0 Å². The number of ether oxygens (including phenoxy) is 1. The Hall–Kier alpha value is -3.19. The first-order chi connectivity index (χ1) is 17.0. The molecule has 1 aromatic rings. The molecule has 1 unspecified atom stereocenters. The van der Waals surface area contributed by atoms with Crippen LogP contribution in [0.3, 0.4) is 0 Å². The van der Waals surface area contributed by atoms with Crippen molar-refractivity contribution in [2.75, 3.05) is 19.6 Å². The van der Waals surface area contributed by atoms with E-state index in [0.29, 0.717) is 25.9 Å². The summed E-state index contributed by atoms with van der Waals surface area (Å²) in [5.74, 6) is -0.752. The molecule has 194 valence electrons. The summed E-state index contributed by atoms with van der Waals surface area (Å²) in [6, 6.07) is 6.19. The first kappa shape index (κ1) is 25.9. The lowest BCUT2D eigenvalue weighted by molar-refractivity contribution is -0.141. The fraction of sp³-hybridized carbons (Fsp3) is 0.615. The van der Waals surface area contributed by atoms with Gasteiger partial charge in [0.25, 0.3) is 0 Å². The Labute approximate surface area is 211 Å². The maximum atomic E-state index is 13.8. The summed E-state index contributed by atoms with van der Waals surface area (Å²) < 4.78 is 19.1. The molecule has 3 saturated heterocycles. The van der Waals surface area contributed by atoms with Gasteiger partial charge < -0.3 is 19.9 Å². The van der Waals surface area contributed by atoms with Crippen molar-refractivity contribution in [3.63, 3.8) is 0 Å². The smallest absolute Gasteiger partial charge is 0.408 e. The number of hydrogen-bond acceptors (Lipinski definition) is 6. The van der Waals surface area contributed by atoms with E-state index in [2.05, 4.69) is 11.4 Å². The first-order valence-electron chi connectivity index (χ1n) is 12.5. The van der Waals surface area contributed by atoms with E-state index in [1.165, 1.54) is 17.0 Å². The number of nitrogens with zero attached hydrogens (tertiary/aromatic N) is 4. The molecule has 3 aliphatic heterocycles. The molecule has 0 spiro atoms. The second-order valence-electron chi connectivity index (χ2n) is 10.9. The normalized spacial score (nSPS) is 25.6. The lowest BCUT2D eigenvalue weighted by Crippen LogP contribution is -2.59. The predicted octanol–water partition coefficient (Wildman–Crippen LogP) is 2.58. The highest BCUT2D eigenvalue weighted by Crippen LogP contribution is 2.38. The molecule has 36 heavy (non-hydrogen) atoms. The van der Waals surface area contributed by atoms with E-state index in [-0.39, 0.29) is 36.3 Å². The van der Waals surface area contributed by atoms with Gasteiger partial charge in [0.2, 0.25) is 11.8 Å². The average Bonchev–Trinajstić information content (AvgIpc) is 3.51. The van der Waals surface area contributed by atoms with Crippen LogP contribution in [0.5, 0.6) is 0 Å². The van der Waals surface area contributed by atoms with Gasteiger partial charge in [0.1, 0.15) is 23.5 Å². The topological polar surface area (TPSA) is 106 Å². The van der Waals surface area contributed by atoms with Crippen molar-refractivity contribution in [1.29, 1.82) is 5.26 Å². The zero-order valence-corrected chi connectivity index (χ0v) is 21.2. The summed E-state index contributed by atoms with van der Waals surface area (Å²) in [5, 5.41) is 12.2. The summed E-state index contributed by atoms with van der Waals surface area (Å²) in [6.45, 7) is 8.24. The standard InChI is InChI=1S/C26H34FN5O4/c1-16(17-7-5-8-18(27)11-17)32-20-12-22(24(32)34)30(14-20)15-21(29-25(35)36-26(2,3)4)23(33)31-10-6-9-19(31)13-28/h5,7-8,11,16,19-22H,6,9-10,12,14-15H2,1-4H3,(H,29,35)/t16-,19-,20?,21-,22+/m0/s1. The van der Waals surface area contributed by atoms with Gasteiger partial charge in [-0.2, -0.15) is 5.26 Å². The van der Waals surface area contributed by atoms with Gasteiger partial charge in [-0.3, -0.25) is 14.5 Å². The van der Waals surface area contributed by atoms with Gasteiger partial charge in [-0.05, 0) is 64.7 Å². The third-order valence-corrected chi connectivity index (χ3v) is 7.15. The molecular formula is C26H34FN5O4. The number of piperazine rings is 1. The summed E-state index contributed by atoms with van der Waals surface area (Å²) >= 11 is 0. The third kappa shape index (κ3) is 5.31. The fourth-order valence-corrected chi connectivity index (χ4v) is 5.56. The van der Waals surface area contributed by atoms with Crippen molar-refractivity contribution in [3.8, 4) is 6.07 Å². The largest absolute Gasteiger partial charge is 0.444 e. The Morgan fingerprint density at radius 3 is 2.72 bits per heavy atom. The number of likely N-dealkylation sites (tertiary alicyclic amines) is 3. The number of carbonyl (C=O) groups excluding carboxylic acids is 3. The van der Waals surface area contributed by atoms with Gasteiger partial charge in [0, 0.05) is 25.7 Å². The highest BCUT2D eigenvalue weighted by atomic mass is 19.1. The molecule has 3 fully saturated rings. The summed E-state index contributed by atoms with van der Waals surface area (Å²) in [6.07, 6.45) is 1.21. The number of rotatable bonds is 6. The molecule has 2 bridgehead atoms. The van der Waals surface area contributed by atoms with Crippen molar-refractivity contribution < 1.29 is 23.5 Å². The second kappa shape index (κ2) is 10.1. The summed E-state index contributed by atoms with van der Waals surface area (Å²) in [4.78, 5) is 44.6. The van der Waals surface area contributed by atoms with Crippen LogP contribution in [0.15, 0.2) is 24.3 Å². The molecular weight excluding hydrogens is 465 g/mol. The summed E-state index contributed by atoms with van der Waals surface area (Å²) in [5.41, 5.74) is -0.00446. The Balaban J connectivity index is 1.48. The molecule has 1 N–H and O–H groups in total. The molecule has 9 nitrogen and oxygen atoms in total. The van der Waals surface area contributed by atoms with Crippen LogP contribution in [-0.4, -0.2) is 82.0 Å². The molecule has 4 rings (SSSR count). The van der Waals surface area contributed by atoms with E-state index in [0.717, 1.165) is 12.0 Å². The van der Waals surface area contributed by atoms with Crippen LogP contribution in [0.4, 0.5) is 9.18 Å². The Bertz CT molecular complexity index is 1070. The van der Waals surface area contributed by atoms with Crippen molar-refractivity contribution in [2.24, 2.45) is 0 Å². The van der Waals surface area contributed by atoms with Gasteiger partial charge in [-0.1, -0.05) is 12.1 Å². The number of nitrogens with one attached hydrogen (secondary N) is 1.